The Morgan fingerprint density at radius 2 is 2.00 bits per heavy atom. The zero-order valence-corrected chi connectivity index (χ0v) is 9.09. The van der Waals surface area contributed by atoms with Crippen molar-refractivity contribution in [2.45, 2.75) is 32.6 Å². The lowest BCUT2D eigenvalue weighted by Gasteiger charge is -2.30. The molecule has 1 heterocycles. The number of nitrogens with zero attached hydrogens (tertiary/aromatic N) is 1. The summed E-state index contributed by atoms with van der Waals surface area (Å²) in [4.78, 5) is 2.55. The van der Waals surface area contributed by atoms with Crippen molar-refractivity contribution in [1.82, 2.24) is 4.90 Å². The average molecular weight is 185 g/mol. The first-order valence-corrected chi connectivity index (χ1v) is 5.58. The second kappa shape index (κ2) is 6.39. The zero-order valence-electron chi connectivity index (χ0n) is 9.09. The summed E-state index contributed by atoms with van der Waals surface area (Å²) in [5, 5.41) is 0. The molecule has 0 aromatic carbocycles. The van der Waals surface area contributed by atoms with Crippen LogP contribution in [0.1, 0.15) is 32.6 Å². The van der Waals surface area contributed by atoms with Crippen LogP contribution in [-0.2, 0) is 4.74 Å². The Morgan fingerprint density at radius 1 is 1.31 bits per heavy atom. The lowest BCUT2D eigenvalue weighted by molar-refractivity contribution is 0.159. The molecule has 0 aromatic heterocycles. The second-order valence-electron chi connectivity index (χ2n) is 4.01. The van der Waals surface area contributed by atoms with Crippen LogP contribution in [0.2, 0.25) is 0 Å². The third-order valence-corrected chi connectivity index (χ3v) is 3.12. The number of hydrogen-bond acceptors (Lipinski definition) is 2. The van der Waals surface area contributed by atoms with E-state index in [0.29, 0.717) is 0 Å². The number of rotatable bonds is 5. The summed E-state index contributed by atoms with van der Waals surface area (Å²) in [6.45, 7) is 7.05. The van der Waals surface area contributed by atoms with Gasteiger partial charge in [0, 0.05) is 13.7 Å². The number of likely N-dealkylation sites (tertiary alicyclic amines) is 1. The van der Waals surface area contributed by atoms with Crippen molar-refractivity contribution in [3.8, 4) is 0 Å². The molecule has 0 unspecified atom stereocenters. The normalized spacial score (nSPS) is 20.8. The fourth-order valence-electron chi connectivity index (χ4n) is 2.11. The van der Waals surface area contributed by atoms with Gasteiger partial charge in [0.1, 0.15) is 0 Å². The Hall–Kier alpha value is -0.0800. The van der Waals surface area contributed by atoms with Crippen LogP contribution in [0, 0.1) is 5.92 Å². The maximum atomic E-state index is 5.06. The van der Waals surface area contributed by atoms with Crippen LogP contribution in [0.3, 0.4) is 0 Å². The minimum Gasteiger partial charge on any atom is -0.385 e. The van der Waals surface area contributed by atoms with Crippen molar-refractivity contribution in [3.63, 3.8) is 0 Å². The molecule has 0 amide bonds. The molecule has 0 N–H and O–H groups in total. The number of hydrogen-bond donors (Lipinski definition) is 0. The Bertz CT molecular complexity index is 117. The van der Waals surface area contributed by atoms with Crippen molar-refractivity contribution < 1.29 is 4.74 Å². The van der Waals surface area contributed by atoms with Crippen LogP contribution in [0.25, 0.3) is 0 Å². The third-order valence-electron chi connectivity index (χ3n) is 3.12. The van der Waals surface area contributed by atoms with Crippen molar-refractivity contribution in [2.75, 3.05) is 33.4 Å². The van der Waals surface area contributed by atoms with E-state index >= 15 is 0 Å². The second-order valence-corrected chi connectivity index (χ2v) is 4.01. The summed E-state index contributed by atoms with van der Waals surface area (Å²) in [7, 11) is 1.79. The van der Waals surface area contributed by atoms with Crippen molar-refractivity contribution >= 4 is 0 Å². The first-order chi connectivity index (χ1) is 6.36. The molecule has 0 aliphatic carbocycles. The van der Waals surface area contributed by atoms with Gasteiger partial charge < -0.3 is 9.64 Å². The Balaban J connectivity index is 2.03. The van der Waals surface area contributed by atoms with Crippen LogP contribution in [-0.4, -0.2) is 38.3 Å². The molecule has 0 atom stereocenters. The quantitative estimate of drug-likeness (QED) is 0.608. The topological polar surface area (TPSA) is 12.5 Å². The van der Waals surface area contributed by atoms with E-state index in [0.717, 1.165) is 12.5 Å². The Kier molecular flexibility index (Phi) is 5.40. The zero-order chi connectivity index (χ0) is 9.52. The fraction of sp³-hybridized carbons (Fsp3) is 1.00. The standard InChI is InChI=1S/C11H23NO/c1-3-12-8-6-11(7-9-12)5-4-10-13-2/h11H,3-10H2,1-2H3. The summed E-state index contributed by atoms with van der Waals surface area (Å²) in [5.41, 5.74) is 0. The molecule has 2 heteroatoms. The SMILES string of the molecule is CCN1CCC(CCCOC)CC1. The lowest BCUT2D eigenvalue weighted by Crippen LogP contribution is -2.33. The van der Waals surface area contributed by atoms with Crippen molar-refractivity contribution in [2.24, 2.45) is 5.92 Å². The molecule has 1 aliphatic rings. The minimum atomic E-state index is 0.938. The predicted octanol–water partition coefficient (Wildman–Crippen LogP) is 2.14. The number of methoxy groups -OCH3 is 1. The van der Waals surface area contributed by atoms with Crippen LogP contribution in [0.15, 0.2) is 0 Å². The molecule has 1 fully saturated rings. The predicted molar refractivity (Wildman–Crippen MR) is 55.9 cm³/mol. The molecular weight excluding hydrogens is 162 g/mol. The van der Waals surface area contributed by atoms with Gasteiger partial charge >= 0.3 is 0 Å². The van der Waals surface area contributed by atoms with E-state index in [1.54, 1.807) is 7.11 Å². The monoisotopic (exact) mass is 185 g/mol. The Labute approximate surface area is 82.3 Å². The molecule has 13 heavy (non-hydrogen) atoms. The first-order valence-electron chi connectivity index (χ1n) is 5.58. The molecular formula is C11H23NO. The molecule has 1 aliphatic heterocycles. The average Bonchev–Trinajstić information content (AvgIpc) is 2.19. The molecule has 1 saturated heterocycles. The van der Waals surface area contributed by atoms with Gasteiger partial charge in [0.15, 0.2) is 0 Å². The third kappa shape index (κ3) is 4.10. The van der Waals surface area contributed by atoms with Gasteiger partial charge in [0.05, 0.1) is 0 Å². The van der Waals surface area contributed by atoms with E-state index in [1.165, 1.54) is 45.3 Å². The van der Waals surface area contributed by atoms with Crippen molar-refractivity contribution in [3.05, 3.63) is 0 Å². The Morgan fingerprint density at radius 3 is 2.54 bits per heavy atom. The molecule has 0 bridgehead atoms. The largest absolute Gasteiger partial charge is 0.385 e. The fourth-order valence-corrected chi connectivity index (χ4v) is 2.11. The number of piperidine rings is 1. The summed E-state index contributed by atoms with van der Waals surface area (Å²) in [6, 6.07) is 0. The summed E-state index contributed by atoms with van der Waals surface area (Å²) < 4.78 is 5.06. The van der Waals surface area contributed by atoms with Gasteiger partial charge in [-0.3, -0.25) is 0 Å². The number of ether oxygens (including phenoxy) is 1. The van der Waals surface area contributed by atoms with E-state index in [9.17, 15) is 0 Å². The molecule has 0 aromatic rings. The van der Waals surface area contributed by atoms with E-state index < -0.39 is 0 Å². The van der Waals surface area contributed by atoms with E-state index in [2.05, 4.69) is 11.8 Å². The maximum absolute atomic E-state index is 5.06. The molecule has 0 spiro atoms. The van der Waals surface area contributed by atoms with Gasteiger partial charge in [-0.25, -0.2) is 0 Å². The van der Waals surface area contributed by atoms with Gasteiger partial charge in [-0.15, -0.1) is 0 Å². The highest BCUT2D eigenvalue weighted by Gasteiger charge is 2.16. The van der Waals surface area contributed by atoms with Gasteiger partial charge in [-0.1, -0.05) is 6.92 Å². The van der Waals surface area contributed by atoms with Crippen LogP contribution < -0.4 is 0 Å². The highest BCUT2D eigenvalue weighted by molar-refractivity contribution is 4.71. The highest BCUT2D eigenvalue weighted by atomic mass is 16.5. The van der Waals surface area contributed by atoms with Crippen LogP contribution >= 0.6 is 0 Å². The summed E-state index contributed by atoms with van der Waals surface area (Å²) in [6.07, 6.45) is 5.41. The summed E-state index contributed by atoms with van der Waals surface area (Å²) in [5.74, 6) is 0.970. The highest BCUT2D eigenvalue weighted by Crippen LogP contribution is 2.21. The maximum Gasteiger partial charge on any atom is 0.0462 e. The van der Waals surface area contributed by atoms with E-state index in [-0.39, 0.29) is 0 Å². The minimum absolute atomic E-state index is 0.938. The summed E-state index contributed by atoms with van der Waals surface area (Å²) >= 11 is 0. The molecule has 2 nitrogen and oxygen atoms in total. The van der Waals surface area contributed by atoms with Gasteiger partial charge in [0.25, 0.3) is 0 Å². The van der Waals surface area contributed by atoms with Crippen molar-refractivity contribution in [1.29, 1.82) is 0 Å². The molecule has 0 saturated carbocycles. The van der Waals surface area contributed by atoms with Crippen LogP contribution in [0.4, 0.5) is 0 Å². The smallest absolute Gasteiger partial charge is 0.0462 e. The molecule has 78 valence electrons. The molecule has 1 rings (SSSR count). The van der Waals surface area contributed by atoms with E-state index in [1.807, 2.05) is 0 Å². The molecule has 0 radical (unpaired) electrons. The van der Waals surface area contributed by atoms with Gasteiger partial charge in [-0.2, -0.15) is 0 Å². The lowest BCUT2D eigenvalue weighted by atomic mass is 9.92. The van der Waals surface area contributed by atoms with E-state index in [4.69, 9.17) is 4.74 Å². The van der Waals surface area contributed by atoms with Gasteiger partial charge in [-0.05, 0) is 51.2 Å². The van der Waals surface area contributed by atoms with Gasteiger partial charge in [0.2, 0.25) is 0 Å². The first kappa shape index (κ1) is 11.0. The van der Waals surface area contributed by atoms with Crippen LogP contribution in [0.5, 0.6) is 0 Å².